The van der Waals surface area contributed by atoms with Crippen LogP contribution in [0.4, 0.5) is 5.82 Å². The van der Waals surface area contributed by atoms with Crippen molar-refractivity contribution in [2.45, 2.75) is 32.2 Å². The van der Waals surface area contributed by atoms with E-state index in [4.69, 9.17) is 27.9 Å². The van der Waals surface area contributed by atoms with E-state index in [1.54, 1.807) is 11.8 Å². The standard InChI is InChI=1S/C17H22Cl2N4OS/c1-11-14(10-21-17-16(19)12(2)22-13(3)23-17)20-6-4-15(11)25-9-8-24-7-5-18/h4,6H,5,7-10H2,1-3H3,(H,21,22,23). The van der Waals surface area contributed by atoms with Crippen LogP contribution in [0.2, 0.25) is 5.02 Å². The van der Waals surface area contributed by atoms with E-state index >= 15 is 0 Å². The maximum absolute atomic E-state index is 6.28. The molecule has 0 saturated carbocycles. The Morgan fingerprint density at radius 3 is 2.76 bits per heavy atom. The summed E-state index contributed by atoms with van der Waals surface area (Å²) in [5.41, 5.74) is 2.88. The van der Waals surface area contributed by atoms with Crippen molar-refractivity contribution in [2.75, 3.05) is 30.2 Å². The summed E-state index contributed by atoms with van der Waals surface area (Å²) in [4.78, 5) is 14.3. The number of thioether (sulfide) groups is 1. The molecule has 2 rings (SSSR count). The first-order chi connectivity index (χ1) is 12.0. The molecule has 8 heteroatoms. The number of rotatable bonds is 9. The van der Waals surface area contributed by atoms with E-state index in [0.29, 0.717) is 42.3 Å². The Kier molecular flexibility index (Phi) is 8.22. The Balaban J connectivity index is 2.00. The number of anilines is 1. The molecule has 0 atom stereocenters. The SMILES string of the molecule is Cc1nc(C)c(Cl)c(NCc2nccc(SCCOCCCl)c2C)n1. The van der Waals surface area contributed by atoms with Gasteiger partial charge < -0.3 is 10.1 Å². The fourth-order valence-corrected chi connectivity index (χ4v) is 3.42. The van der Waals surface area contributed by atoms with Gasteiger partial charge in [-0.25, -0.2) is 9.97 Å². The van der Waals surface area contributed by atoms with Crippen molar-refractivity contribution < 1.29 is 4.74 Å². The average molecular weight is 401 g/mol. The second-order valence-corrected chi connectivity index (χ2v) is 7.30. The Bertz CT molecular complexity index is 715. The van der Waals surface area contributed by atoms with Gasteiger partial charge in [0.2, 0.25) is 0 Å². The molecular formula is C17H22Cl2N4OS. The van der Waals surface area contributed by atoms with Crippen LogP contribution in [0.5, 0.6) is 0 Å². The molecule has 0 fully saturated rings. The van der Waals surface area contributed by atoms with Crippen LogP contribution in [-0.4, -0.2) is 39.8 Å². The van der Waals surface area contributed by atoms with Gasteiger partial charge in [-0.15, -0.1) is 23.4 Å². The minimum Gasteiger partial charge on any atom is -0.379 e. The number of aryl methyl sites for hydroxylation is 2. The maximum atomic E-state index is 6.28. The molecule has 0 spiro atoms. The number of alkyl halides is 1. The lowest BCUT2D eigenvalue weighted by Crippen LogP contribution is -2.08. The fourth-order valence-electron chi connectivity index (χ4n) is 2.24. The zero-order valence-electron chi connectivity index (χ0n) is 14.6. The molecule has 0 aromatic carbocycles. The van der Waals surface area contributed by atoms with Crippen molar-refractivity contribution in [2.24, 2.45) is 0 Å². The predicted molar refractivity (Wildman–Crippen MR) is 105 cm³/mol. The van der Waals surface area contributed by atoms with Gasteiger partial charge in [-0.1, -0.05) is 11.6 Å². The first-order valence-corrected chi connectivity index (χ1v) is 9.88. The molecule has 1 N–H and O–H groups in total. The molecule has 25 heavy (non-hydrogen) atoms. The highest BCUT2D eigenvalue weighted by atomic mass is 35.5. The van der Waals surface area contributed by atoms with E-state index in [1.165, 1.54) is 4.90 Å². The first kappa shape index (κ1) is 20.2. The van der Waals surface area contributed by atoms with Crippen LogP contribution in [-0.2, 0) is 11.3 Å². The highest BCUT2D eigenvalue weighted by Gasteiger charge is 2.10. The van der Waals surface area contributed by atoms with Crippen LogP contribution in [0.1, 0.15) is 22.8 Å². The summed E-state index contributed by atoms with van der Waals surface area (Å²) in [5, 5.41) is 3.82. The number of halogens is 2. The third-order valence-corrected chi connectivity index (χ3v) is 5.25. The van der Waals surface area contributed by atoms with Gasteiger partial charge in [0.1, 0.15) is 16.7 Å². The number of hydrogen-bond acceptors (Lipinski definition) is 6. The number of pyridine rings is 1. The smallest absolute Gasteiger partial charge is 0.149 e. The van der Waals surface area contributed by atoms with Crippen molar-refractivity contribution in [3.8, 4) is 0 Å². The predicted octanol–water partition coefficient (Wildman–Crippen LogP) is 4.41. The summed E-state index contributed by atoms with van der Waals surface area (Å²) in [7, 11) is 0. The van der Waals surface area contributed by atoms with Gasteiger partial charge >= 0.3 is 0 Å². The monoisotopic (exact) mass is 400 g/mol. The Labute approximate surface area is 162 Å². The fraction of sp³-hybridized carbons (Fsp3) is 0.471. The third kappa shape index (κ3) is 5.99. The lowest BCUT2D eigenvalue weighted by molar-refractivity contribution is 0.166. The van der Waals surface area contributed by atoms with Crippen LogP contribution in [0.3, 0.4) is 0 Å². The summed E-state index contributed by atoms with van der Waals surface area (Å²) in [5.74, 6) is 2.74. The van der Waals surface area contributed by atoms with Crippen LogP contribution >= 0.6 is 35.0 Å². The van der Waals surface area contributed by atoms with Gasteiger partial charge in [-0.05, 0) is 32.4 Å². The van der Waals surface area contributed by atoms with E-state index < -0.39 is 0 Å². The van der Waals surface area contributed by atoms with E-state index in [1.807, 2.05) is 26.1 Å². The summed E-state index contributed by atoms with van der Waals surface area (Å²) >= 11 is 13.6. The van der Waals surface area contributed by atoms with Crippen LogP contribution in [0.25, 0.3) is 0 Å². The normalized spacial score (nSPS) is 10.9. The number of ether oxygens (including phenoxy) is 1. The largest absolute Gasteiger partial charge is 0.379 e. The van der Waals surface area contributed by atoms with Gasteiger partial charge in [0.25, 0.3) is 0 Å². The molecule has 0 radical (unpaired) electrons. The van der Waals surface area contributed by atoms with Crippen molar-refractivity contribution in [1.29, 1.82) is 0 Å². The lowest BCUT2D eigenvalue weighted by Gasteiger charge is -2.13. The van der Waals surface area contributed by atoms with Gasteiger partial charge in [0, 0.05) is 22.7 Å². The quantitative estimate of drug-likeness (QED) is 0.382. The van der Waals surface area contributed by atoms with E-state index in [-0.39, 0.29) is 0 Å². The molecule has 2 aromatic rings. The lowest BCUT2D eigenvalue weighted by atomic mass is 10.2. The topological polar surface area (TPSA) is 59.9 Å². The van der Waals surface area contributed by atoms with Gasteiger partial charge in [-0.2, -0.15) is 0 Å². The second kappa shape index (κ2) is 10.2. The minimum atomic E-state index is 0.527. The minimum absolute atomic E-state index is 0.527. The van der Waals surface area contributed by atoms with Gasteiger partial charge in [0.15, 0.2) is 0 Å². The molecule has 0 amide bonds. The maximum Gasteiger partial charge on any atom is 0.149 e. The van der Waals surface area contributed by atoms with Crippen molar-refractivity contribution in [3.63, 3.8) is 0 Å². The van der Waals surface area contributed by atoms with E-state index in [2.05, 4.69) is 27.2 Å². The highest BCUT2D eigenvalue weighted by Crippen LogP contribution is 2.26. The number of nitrogens with zero attached hydrogens (tertiary/aromatic N) is 3. The molecule has 0 aliphatic carbocycles. The van der Waals surface area contributed by atoms with Crippen molar-refractivity contribution in [1.82, 2.24) is 15.0 Å². The van der Waals surface area contributed by atoms with Crippen molar-refractivity contribution in [3.05, 3.63) is 40.1 Å². The molecular weight excluding hydrogens is 379 g/mol. The molecule has 0 aliphatic rings. The van der Waals surface area contributed by atoms with E-state index in [9.17, 15) is 0 Å². The Hall–Kier alpha value is -1.08. The summed E-state index contributed by atoms with van der Waals surface area (Å²) in [6.45, 7) is 7.62. The van der Waals surface area contributed by atoms with Crippen molar-refractivity contribution >= 4 is 40.8 Å². The molecule has 2 heterocycles. The van der Waals surface area contributed by atoms with Gasteiger partial charge in [-0.3, -0.25) is 4.98 Å². The molecule has 5 nitrogen and oxygen atoms in total. The third-order valence-electron chi connectivity index (χ3n) is 3.52. The second-order valence-electron chi connectivity index (χ2n) is 5.40. The zero-order valence-corrected chi connectivity index (χ0v) is 16.9. The average Bonchev–Trinajstić information content (AvgIpc) is 2.58. The summed E-state index contributed by atoms with van der Waals surface area (Å²) in [6, 6.07) is 2.02. The molecule has 0 saturated heterocycles. The molecule has 0 unspecified atom stereocenters. The molecule has 0 aliphatic heterocycles. The first-order valence-electron chi connectivity index (χ1n) is 7.98. The Morgan fingerprint density at radius 2 is 2.00 bits per heavy atom. The summed E-state index contributed by atoms with van der Waals surface area (Å²) < 4.78 is 5.41. The van der Waals surface area contributed by atoms with Gasteiger partial charge in [0.05, 0.1) is 31.1 Å². The zero-order chi connectivity index (χ0) is 18.2. The van der Waals surface area contributed by atoms with Crippen LogP contribution < -0.4 is 5.32 Å². The van der Waals surface area contributed by atoms with E-state index in [0.717, 1.165) is 22.7 Å². The molecule has 136 valence electrons. The number of hydrogen-bond donors (Lipinski definition) is 1. The number of nitrogens with one attached hydrogen (secondary N) is 1. The molecule has 0 bridgehead atoms. The molecule has 2 aromatic heterocycles. The highest BCUT2D eigenvalue weighted by molar-refractivity contribution is 7.99. The van der Waals surface area contributed by atoms with Crippen LogP contribution in [0, 0.1) is 20.8 Å². The van der Waals surface area contributed by atoms with Crippen LogP contribution in [0.15, 0.2) is 17.2 Å². The Morgan fingerprint density at radius 1 is 1.20 bits per heavy atom. The summed E-state index contributed by atoms with van der Waals surface area (Å²) in [6.07, 6.45) is 1.82. The number of aromatic nitrogens is 3.